The van der Waals surface area contributed by atoms with Crippen LogP contribution in [0.25, 0.3) is 0 Å². The van der Waals surface area contributed by atoms with Gasteiger partial charge >= 0.3 is 0 Å². The van der Waals surface area contributed by atoms with Crippen LogP contribution in [0, 0.1) is 0 Å². The SMILES string of the molecule is C=CCc1ccccc1OC(C)CC(C)=O. The molecule has 0 amide bonds. The molecule has 0 spiro atoms. The van der Waals surface area contributed by atoms with E-state index >= 15 is 0 Å². The lowest BCUT2D eigenvalue weighted by atomic mass is 10.1. The molecule has 0 aromatic heterocycles. The van der Waals surface area contributed by atoms with Gasteiger partial charge in [0.1, 0.15) is 17.6 Å². The van der Waals surface area contributed by atoms with Crippen molar-refractivity contribution in [2.45, 2.75) is 32.8 Å². The first kappa shape index (κ1) is 12.5. The van der Waals surface area contributed by atoms with Crippen molar-refractivity contribution in [3.8, 4) is 5.75 Å². The second-order valence-corrected chi connectivity index (χ2v) is 3.94. The first-order valence-electron chi connectivity index (χ1n) is 5.48. The highest BCUT2D eigenvalue weighted by atomic mass is 16.5. The third kappa shape index (κ3) is 3.89. The lowest BCUT2D eigenvalue weighted by Crippen LogP contribution is -2.16. The smallest absolute Gasteiger partial charge is 0.133 e. The molecule has 1 aromatic rings. The van der Waals surface area contributed by atoms with Crippen LogP contribution >= 0.6 is 0 Å². The predicted octanol–water partition coefficient (Wildman–Crippen LogP) is 3.16. The van der Waals surface area contributed by atoms with Crippen molar-refractivity contribution in [2.75, 3.05) is 0 Å². The number of para-hydroxylation sites is 1. The average molecular weight is 218 g/mol. The van der Waals surface area contributed by atoms with Crippen molar-refractivity contribution in [3.63, 3.8) is 0 Å². The summed E-state index contributed by atoms with van der Waals surface area (Å²) in [5, 5.41) is 0. The molecule has 0 aliphatic rings. The first-order valence-corrected chi connectivity index (χ1v) is 5.48. The van der Waals surface area contributed by atoms with E-state index in [1.165, 1.54) is 0 Å². The Balaban J connectivity index is 2.71. The summed E-state index contributed by atoms with van der Waals surface area (Å²) in [6.07, 6.45) is 2.99. The van der Waals surface area contributed by atoms with Crippen LogP contribution in [0.1, 0.15) is 25.8 Å². The van der Waals surface area contributed by atoms with Crippen LogP contribution in [0.2, 0.25) is 0 Å². The number of carbonyl (C=O) groups excluding carboxylic acids is 1. The summed E-state index contributed by atoms with van der Waals surface area (Å²) in [5.74, 6) is 0.991. The highest BCUT2D eigenvalue weighted by Crippen LogP contribution is 2.20. The third-order valence-corrected chi connectivity index (χ3v) is 2.24. The molecule has 0 saturated carbocycles. The van der Waals surface area contributed by atoms with Gasteiger partial charge in [-0.15, -0.1) is 6.58 Å². The summed E-state index contributed by atoms with van der Waals surface area (Å²) < 4.78 is 5.74. The number of hydrogen-bond donors (Lipinski definition) is 0. The van der Waals surface area contributed by atoms with E-state index in [0.717, 1.165) is 17.7 Å². The maximum absolute atomic E-state index is 11.0. The van der Waals surface area contributed by atoms with E-state index in [1.54, 1.807) is 6.92 Å². The summed E-state index contributed by atoms with van der Waals surface area (Å²) in [4.78, 5) is 11.0. The van der Waals surface area contributed by atoms with Crippen LogP contribution in [0.3, 0.4) is 0 Å². The molecule has 0 fully saturated rings. The molecule has 1 rings (SSSR count). The van der Waals surface area contributed by atoms with Crippen molar-refractivity contribution in [1.82, 2.24) is 0 Å². The van der Waals surface area contributed by atoms with Gasteiger partial charge in [-0.3, -0.25) is 4.79 Å². The monoisotopic (exact) mass is 218 g/mol. The largest absolute Gasteiger partial charge is 0.490 e. The van der Waals surface area contributed by atoms with Crippen molar-refractivity contribution in [2.24, 2.45) is 0 Å². The molecule has 0 saturated heterocycles. The summed E-state index contributed by atoms with van der Waals surface area (Å²) in [7, 11) is 0. The van der Waals surface area contributed by atoms with Gasteiger partial charge in [0.15, 0.2) is 0 Å². The summed E-state index contributed by atoms with van der Waals surface area (Å²) in [6.45, 7) is 7.20. The Morgan fingerprint density at radius 1 is 1.50 bits per heavy atom. The Labute approximate surface area is 96.9 Å². The first-order chi connectivity index (χ1) is 7.63. The molecule has 1 unspecified atom stereocenters. The van der Waals surface area contributed by atoms with Gasteiger partial charge in [0, 0.05) is 6.42 Å². The molecule has 86 valence electrons. The van der Waals surface area contributed by atoms with Gasteiger partial charge in [0.05, 0.1) is 0 Å². The van der Waals surface area contributed by atoms with Crippen LogP contribution in [-0.4, -0.2) is 11.9 Å². The fraction of sp³-hybridized carbons (Fsp3) is 0.357. The van der Waals surface area contributed by atoms with E-state index in [-0.39, 0.29) is 11.9 Å². The van der Waals surface area contributed by atoms with Gasteiger partial charge in [-0.1, -0.05) is 24.3 Å². The van der Waals surface area contributed by atoms with E-state index in [2.05, 4.69) is 6.58 Å². The Morgan fingerprint density at radius 3 is 2.81 bits per heavy atom. The van der Waals surface area contributed by atoms with E-state index in [0.29, 0.717) is 6.42 Å². The Hall–Kier alpha value is -1.57. The second kappa shape index (κ2) is 6.11. The van der Waals surface area contributed by atoms with Gasteiger partial charge in [-0.2, -0.15) is 0 Å². The molecular weight excluding hydrogens is 200 g/mol. The highest BCUT2D eigenvalue weighted by molar-refractivity contribution is 5.75. The number of ether oxygens (including phenoxy) is 1. The standard InChI is InChI=1S/C14H18O2/c1-4-7-13-8-5-6-9-14(13)16-12(3)10-11(2)15/h4-6,8-9,12H,1,7,10H2,2-3H3. The molecule has 0 aliphatic carbocycles. The Morgan fingerprint density at radius 2 is 2.19 bits per heavy atom. The third-order valence-electron chi connectivity index (χ3n) is 2.24. The zero-order valence-corrected chi connectivity index (χ0v) is 9.90. The number of ketones is 1. The Bertz CT molecular complexity index is 369. The molecule has 2 heteroatoms. The van der Waals surface area contributed by atoms with Gasteiger partial charge in [-0.25, -0.2) is 0 Å². The van der Waals surface area contributed by atoms with E-state index in [9.17, 15) is 4.79 Å². The minimum Gasteiger partial charge on any atom is -0.490 e. The van der Waals surface area contributed by atoms with Crippen LogP contribution in [0.15, 0.2) is 36.9 Å². The number of benzene rings is 1. The normalized spacial score (nSPS) is 11.9. The van der Waals surface area contributed by atoms with E-state index < -0.39 is 0 Å². The molecule has 0 aliphatic heterocycles. The van der Waals surface area contributed by atoms with Gasteiger partial charge < -0.3 is 4.74 Å². The molecule has 1 aromatic carbocycles. The van der Waals surface area contributed by atoms with Crippen molar-refractivity contribution < 1.29 is 9.53 Å². The van der Waals surface area contributed by atoms with Gasteiger partial charge in [0.25, 0.3) is 0 Å². The summed E-state index contributed by atoms with van der Waals surface area (Å²) in [5.41, 5.74) is 1.10. The lowest BCUT2D eigenvalue weighted by molar-refractivity contribution is -0.118. The van der Waals surface area contributed by atoms with E-state index in [4.69, 9.17) is 4.74 Å². The minimum atomic E-state index is -0.0801. The van der Waals surface area contributed by atoms with Crippen LogP contribution in [0.5, 0.6) is 5.75 Å². The number of Topliss-reactive ketones (excluding diaryl/α,β-unsaturated/α-hetero) is 1. The average Bonchev–Trinajstić information content (AvgIpc) is 2.20. The van der Waals surface area contributed by atoms with Crippen LogP contribution in [-0.2, 0) is 11.2 Å². The highest BCUT2D eigenvalue weighted by Gasteiger charge is 2.09. The van der Waals surface area contributed by atoms with Crippen LogP contribution in [0.4, 0.5) is 0 Å². The molecule has 2 nitrogen and oxygen atoms in total. The Kier molecular flexibility index (Phi) is 4.77. The zero-order chi connectivity index (χ0) is 12.0. The maximum Gasteiger partial charge on any atom is 0.133 e. The number of rotatable bonds is 6. The van der Waals surface area contributed by atoms with Crippen molar-refractivity contribution >= 4 is 5.78 Å². The van der Waals surface area contributed by atoms with Gasteiger partial charge in [-0.05, 0) is 31.9 Å². The molecule has 16 heavy (non-hydrogen) atoms. The molecule has 0 radical (unpaired) electrons. The van der Waals surface area contributed by atoms with E-state index in [1.807, 2.05) is 37.3 Å². The number of hydrogen-bond acceptors (Lipinski definition) is 2. The lowest BCUT2D eigenvalue weighted by Gasteiger charge is -2.15. The maximum atomic E-state index is 11.0. The van der Waals surface area contributed by atoms with Crippen molar-refractivity contribution in [1.29, 1.82) is 0 Å². The minimum absolute atomic E-state index is 0.0801. The quantitative estimate of drug-likeness (QED) is 0.685. The molecular formula is C14H18O2. The number of carbonyl (C=O) groups is 1. The fourth-order valence-corrected chi connectivity index (χ4v) is 1.61. The second-order valence-electron chi connectivity index (χ2n) is 3.94. The number of allylic oxidation sites excluding steroid dienone is 1. The zero-order valence-electron chi connectivity index (χ0n) is 9.90. The fourth-order valence-electron chi connectivity index (χ4n) is 1.61. The van der Waals surface area contributed by atoms with Gasteiger partial charge in [0.2, 0.25) is 0 Å². The molecule has 0 N–H and O–H groups in total. The molecule has 1 atom stereocenters. The molecule has 0 heterocycles. The summed E-state index contributed by atoms with van der Waals surface area (Å²) in [6, 6.07) is 7.84. The molecule has 0 bridgehead atoms. The van der Waals surface area contributed by atoms with Crippen LogP contribution < -0.4 is 4.74 Å². The predicted molar refractivity (Wildman–Crippen MR) is 65.7 cm³/mol. The van der Waals surface area contributed by atoms with Crippen molar-refractivity contribution in [3.05, 3.63) is 42.5 Å². The summed E-state index contributed by atoms with van der Waals surface area (Å²) >= 11 is 0. The topological polar surface area (TPSA) is 26.3 Å².